The van der Waals surface area contributed by atoms with Crippen LogP contribution in [0.25, 0.3) is 0 Å². The highest BCUT2D eigenvalue weighted by Crippen LogP contribution is 2.22. The van der Waals surface area contributed by atoms with Gasteiger partial charge < -0.3 is 14.9 Å². The molecule has 0 aliphatic carbocycles. The SMILES string of the molecule is CN(C(=O)C1CCN(C(=O)CSCC(=O)O)C1)c1ccccc1. The second-order valence-corrected chi connectivity index (χ2v) is 6.43. The average Bonchev–Trinajstić information content (AvgIpc) is 3.04. The maximum atomic E-state index is 12.5. The molecule has 0 saturated carbocycles. The molecule has 0 radical (unpaired) electrons. The van der Waals surface area contributed by atoms with Crippen molar-refractivity contribution in [3.05, 3.63) is 30.3 Å². The van der Waals surface area contributed by atoms with Gasteiger partial charge in [-0.3, -0.25) is 14.4 Å². The van der Waals surface area contributed by atoms with E-state index in [1.807, 2.05) is 30.3 Å². The van der Waals surface area contributed by atoms with Gasteiger partial charge in [0.15, 0.2) is 0 Å². The average molecular weight is 336 g/mol. The molecule has 1 aliphatic heterocycles. The predicted octanol–water partition coefficient (Wildman–Crippen LogP) is 1.32. The molecule has 1 aromatic carbocycles. The Morgan fingerprint density at radius 3 is 2.61 bits per heavy atom. The fraction of sp³-hybridized carbons (Fsp3) is 0.438. The van der Waals surface area contributed by atoms with Crippen molar-refractivity contribution in [3.8, 4) is 0 Å². The largest absolute Gasteiger partial charge is 0.481 e. The van der Waals surface area contributed by atoms with Crippen molar-refractivity contribution in [2.24, 2.45) is 5.92 Å². The van der Waals surface area contributed by atoms with Crippen molar-refractivity contribution in [2.75, 3.05) is 36.5 Å². The number of para-hydroxylation sites is 1. The molecule has 2 rings (SSSR count). The highest BCUT2D eigenvalue weighted by molar-refractivity contribution is 8.00. The highest BCUT2D eigenvalue weighted by atomic mass is 32.2. The van der Waals surface area contributed by atoms with Crippen LogP contribution in [0.1, 0.15) is 6.42 Å². The van der Waals surface area contributed by atoms with Gasteiger partial charge in [0.2, 0.25) is 11.8 Å². The van der Waals surface area contributed by atoms with Crippen LogP contribution in [0.3, 0.4) is 0 Å². The zero-order valence-electron chi connectivity index (χ0n) is 13.0. The third-order valence-corrected chi connectivity index (χ3v) is 4.72. The number of aliphatic carboxylic acids is 1. The summed E-state index contributed by atoms with van der Waals surface area (Å²) in [5.74, 6) is -1.17. The molecule has 1 aliphatic rings. The number of benzene rings is 1. The number of anilines is 1. The number of thioether (sulfide) groups is 1. The van der Waals surface area contributed by atoms with Crippen LogP contribution in [0.2, 0.25) is 0 Å². The summed E-state index contributed by atoms with van der Waals surface area (Å²) in [7, 11) is 1.74. The summed E-state index contributed by atoms with van der Waals surface area (Å²) >= 11 is 1.08. The Bertz CT molecular complexity index is 579. The van der Waals surface area contributed by atoms with E-state index in [-0.39, 0.29) is 29.2 Å². The molecule has 1 fully saturated rings. The number of nitrogens with zero attached hydrogens (tertiary/aromatic N) is 2. The zero-order valence-corrected chi connectivity index (χ0v) is 13.8. The molecule has 1 unspecified atom stereocenters. The molecule has 0 bridgehead atoms. The Hall–Kier alpha value is -2.02. The van der Waals surface area contributed by atoms with E-state index in [0.29, 0.717) is 19.5 Å². The minimum atomic E-state index is -0.929. The molecule has 124 valence electrons. The van der Waals surface area contributed by atoms with Crippen LogP contribution in [-0.2, 0) is 14.4 Å². The minimum absolute atomic E-state index is 0.00434. The van der Waals surface area contributed by atoms with Crippen LogP contribution < -0.4 is 4.90 Å². The molecule has 1 atom stereocenters. The Labute approximate surface area is 139 Å². The predicted molar refractivity (Wildman–Crippen MR) is 89.5 cm³/mol. The van der Waals surface area contributed by atoms with Gasteiger partial charge in [0.1, 0.15) is 0 Å². The fourth-order valence-electron chi connectivity index (χ4n) is 2.56. The van der Waals surface area contributed by atoms with Crippen LogP contribution in [0.5, 0.6) is 0 Å². The van der Waals surface area contributed by atoms with Crippen molar-refractivity contribution in [2.45, 2.75) is 6.42 Å². The smallest absolute Gasteiger partial charge is 0.313 e. The van der Waals surface area contributed by atoms with Crippen LogP contribution in [0.4, 0.5) is 5.69 Å². The van der Waals surface area contributed by atoms with Gasteiger partial charge in [0.25, 0.3) is 0 Å². The lowest BCUT2D eigenvalue weighted by atomic mass is 10.1. The molecule has 1 heterocycles. The summed E-state index contributed by atoms with van der Waals surface area (Å²) < 4.78 is 0. The number of rotatable bonds is 6. The van der Waals surface area contributed by atoms with Gasteiger partial charge >= 0.3 is 5.97 Å². The summed E-state index contributed by atoms with van der Waals surface area (Å²) in [5.41, 5.74) is 0.833. The third kappa shape index (κ3) is 4.72. The van der Waals surface area contributed by atoms with E-state index < -0.39 is 5.97 Å². The number of hydrogen-bond acceptors (Lipinski definition) is 4. The van der Waals surface area contributed by atoms with E-state index in [4.69, 9.17) is 5.11 Å². The van der Waals surface area contributed by atoms with Gasteiger partial charge in [-0.2, -0.15) is 0 Å². The Balaban J connectivity index is 1.85. The normalized spacial score (nSPS) is 17.1. The Morgan fingerprint density at radius 2 is 1.96 bits per heavy atom. The Morgan fingerprint density at radius 1 is 1.26 bits per heavy atom. The molecule has 0 spiro atoms. The summed E-state index contributed by atoms with van der Waals surface area (Å²) in [6.45, 7) is 0.952. The monoisotopic (exact) mass is 336 g/mol. The van der Waals surface area contributed by atoms with Gasteiger partial charge in [-0.05, 0) is 18.6 Å². The maximum absolute atomic E-state index is 12.5. The van der Waals surface area contributed by atoms with Gasteiger partial charge in [0.05, 0.1) is 17.4 Å². The Kier molecular flexibility index (Phi) is 6.04. The van der Waals surface area contributed by atoms with Crippen molar-refractivity contribution in [1.82, 2.24) is 4.90 Å². The number of carboxylic acid groups (broad SMARTS) is 1. The minimum Gasteiger partial charge on any atom is -0.481 e. The second kappa shape index (κ2) is 8.01. The molecular formula is C16H20N2O4S. The lowest BCUT2D eigenvalue weighted by Crippen LogP contribution is -2.36. The zero-order chi connectivity index (χ0) is 16.8. The van der Waals surface area contributed by atoms with E-state index in [9.17, 15) is 14.4 Å². The van der Waals surface area contributed by atoms with Crippen LogP contribution in [0.15, 0.2) is 30.3 Å². The standard InChI is InChI=1S/C16H20N2O4S/c1-17(13-5-3-2-4-6-13)16(22)12-7-8-18(9-12)14(19)10-23-11-15(20)21/h2-6,12H,7-11H2,1H3,(H,20,21). The first-order chi connectivity index (χ1) is 11.0. The third-order valence-electron chi connectivity index (χ3n) is 3.82. The van der Waals surface area contributed by atoms with Gasteiger partial charge in [-0.15, -0.1) is 11.8 Å². The summed E-state index contributed by atoms with van der Waals surface area (Å²) in [4.78, 5) is 38.3. The summed E-state index contributed by atoms with van der Waals surface area (Å²) in [6.07, 6.45) is 0.644. The quantitative estimate of drug-likeness (QED) is 0.848. The molecule has 0 aromatic heterocycles. The molecule has 23 heavy (non-hydrogen) atoms. The second-order valence-electron chi connectivity index (χ2n) is 5.44. The van der Waals surface area contributed by atoms with Crippen LogP contribution >= 0.6 is 11.8 Å². The first-order valence-corrected chi connectivity index (χ1v) is 8.54. The van der Waals surface area contributed by atoms with Crippen LogP contribution in [0, 0.1) is 5.92 Å². The van der Waals surface area contributed by atoms with Gasteiger partial charge in [-0.25, -0.2) is 0 Å². The summed E-state index contributed by atoms with van der Waals surface area (Å²) in [6, 6.07) is 9.40. The van der Waals surface area contributed by atoms with Crippen molar-refractivity contribution >= 4 is 35.2 Å². The van der Waals surface area contributed by atoms with Gasteiger partial charge in [0, 0.05) is 25.8 Å². The van der Waals surface area contributed by atoms with Crippen molar-refractivity contribution in [1.29, 1.82) is 0 Å². The topological polar surface area (TPSA) is 77.9 Å². The summed E-state index contributed by atoms with van der Waals surface area (Å²) in [5, 5.41) is 8.58. The lowest BCUT2D eigenvalue weighted by Gasteiger charge is -2.21. The first-order valence-electron chi connectivity index (χ1n) is 7.39. The number of carboxylic acids is 1. The number of hydrogen-bond donors (Lipinski definition) is 1. The molecule has 1 saturated heterocycles. The number of carbonyl (C=O) groups is 3. The molecule has 2 amide bonds. The molecular weight excluding hydrogens is 316 g/mol. The number of amides is 2. The molecule has 1 N–H and O–H groups in total. The lowest BCUT2D eigenvalue weighted by molar-refractivity contribution is -0.134. The molecule has 6 nitrogen and oxygen atoms in total. The maximum Gasteiger partial charge on any atom is 0.313 e. The number of carbonyl (C=O) groups excluding carboxylic acids is 2. The highest BCUT2D eigenvalue weighted by Gasteiger charge is 2.32. The van der Waals surface area contributed by atoms with E-state index in [0.717, 1.165) is 17.4 Å². The fourth-order valence-corrected chi connectivity index (χ4v) is 3.19. The van der Waals surface area contributed by atoms with E-state index in [1.54, 1.807) is 16.8 Å². The molecule has 7 heteroatoms. The number of likely N-dealkylation sites (tertiary alicyclic amines) is 1. The van der Waals surface area contributed by atoms with Gasteiger partial charge in [-0.1, -0.05) is 18.2 Å². The van der Waals surface area contributed by atoms with E-state index in [1.165, 1.54) is 0 Å². The van der Waals surface area contributed by atoms with E-state index >= 15 is 0 Å². The van der Waals surface area contributed by atoms with E-state index in [2.05, 4.69) is 0 Å². The first kappa shape index (κ1) is 17.3. The van der Waals surface area contributed by atoms with Crippen LogP contribution in [-0.4, -0.2) is 59.4 Å². The van der Waals surface area contributed by atoms with Crippen molar-refractivity contribution in [3.63, 3.8) is 0 Å². The van der Waals surface area contributed by atoms with Crippen molar-refractivity contribution < 1.29 is 19.5 Å². The molecule has 1 aromatic rings.